The molecule has 2 N–H and O–H groups in total. The van der Waals surface area contributed by atoms with Crippen LogP contribution in [0.5, 0.6) is 0 Å². The molecule has 0 atom stereocenters. The number of nitrogen functional groups attached to an aromatic ring is 1. The highest BCUT2D eigenvalue weighted by Gasteiger charge is 2.24. The third-order valence-electron chi connectivity index (χ3n) is 3.10. The van der Waals surface area contributed by atoms with Gasteiger partial charge in [0.2, 0.25) is 0 Å². The molecule has 2 rings (SSSR count). The number of anilines is 1. The predicted molar refractivity (Wildman–Crippen MR) is 73.4 cm³/mol. The van der Waals surface area contributed by atoms with Crippen molar-refractivity contribution in [3.05, 3.63) is 40.8 Å². The first-order valence-electron chi connectivity index (χ1n) is 6.23. The van der Waals surface area contributed by atoms with Crippen LogP contribution in [0.3, 0.4) is 0 Å². The molecule has 4 nitrogen and oxygen atoms in total. The van der Waals surface area contributed by atoms with Crippen molar-refractivity contribution in [3.63, 3.8) is 0 Å². The van der Waals surface area contributed by atoms with Crippen LogP contribution in [-0.4, -0.2) is 15.0 Å². The van der Waals surface area contributed by atoms with Gasteiger partial charge in [-0.05, 0) is 30.2 Å². The summed E-state index contributed by atoms with van der Waals surface area (Å²) in [5.74, 6) is 0.225. The lowest BCUT2D eigenvalue weighted by molar-refractivity contribution is 0.502. The topological polar surface area (TPSA) is 56.7 Å². The molecule has 2 aromatic rings. The van der Waals surface area contributed by atoms with Crippen LogP contribution in [-0.2, 0) is 12.0 Å². The van der Waals surface area contributed by atoms with E-state index in [1.54, 1.807) is 10.7 Å². The summed E-state index contributed by atoms with van der Waals surface area (Å²) in [4.78, 5) is 0. The molecule has 102 valence electrons. The largest absolute Gasteiger partial charge is 0.381 e. The lowest BCUT2D eigenvalue weighted by Gasteiger charge is -2.20. The van der Waals surface area contributed by atoms with Crippen molar-refractivity contribution in [2.45, 2.75) is 39.7 Å². The first kappa shape index (κ1) is 13.5. The lowest BCUT2D eigenvalue weighted by Crippen LogP contribution is -2.20. The van der Waals surface area contributed by atoms with Gasteiger partial charge in [0, 0.05) is 5.41 Å². The first-order valence-corrected chi connectivity index (χ1v) is 6.23. The van der Waals surface area contributed by atoms with Crippen molar-refractivity contribution in [2.24, 2.45) is 0 Å². The van der Waals surface area contributed by atoms with Gasteiger partial charge in [-0.1, -0.05) is 32.1 Å². The molecule has 0 spiro atoms. The maximum atomic E-state index is 13.1. The maximum absolute atomic E-state index is 13.1. The molecule has 0 aliphatic heterocycles. The van der Waals surface area contributed by atoms with E-state index >= 15 is 0 Å². The third-order valence-corrected chi connectivity index (χ3v) is 3.10. The smallest absolute Gasteiger partial charge is 0.169 e. The van der Waals surface area contributed by atoms with Gasteiger partial charge in [0.25, 0.3) is 0 Å². The fraction of sp³-hybridized carbons (Fsp3) is 0.429. The highest BCUT2D eigenvalue weighted by molar-refractivity contribution is 5.38. The Bertz CT molecular complexity index is 596. The molecule has 0 aliphatic rings. The third kappa shape index (κ3) is 2.75. The minimum absolute atomic E-state index is 0.137. The van der Waals surface area contributed by atoms with Gasteiger partial charge in [-0.15, -0.1) is 5.10 Å². The zero-order valence-corrected chi connectivity index (χ0v) is 11.7. The van der Waals surface area contributed by atoms with E-state index < -0.39 is 0 Å². The maximum Gasteiger partial charge on any atom is 0.169 e. The molecule has 0 aliphatic carbocycles. The van der Waals surface area contributed by atoms with Crippen LogP contribution in [0.25, 0.3) is 0 Å². The normalized spacial score (nSPS) is 11.8. The van der Waals surface area contributed by atoms with Crippen molar-refractivity contribution >= 4 is 5.82 Å². The van der Waals surface area contributed by atoms with Crippen LogP contribution < -0.4 is 5.73 Å². The second-order valence-electron chi connectivity index (χ2n) is 5.80. The Morgan fingerprint density at radius 1 is 1.32 bits per heavy atom. The van der Waals surface area contributed by atoms with E-state index in [1.807, 2.05) is 6.92 Å². The molecule has 0 unspecified atom stereocenters. The number of hydrogen-bond donors (Lipinski definition) is 1. The summed E-state index contributed by atoms with van der Waals surface area (Å²) in [5, 5.41) is 8.03. The van der Waals surface area contributed by atoms with E-state index in [2.05, 4.69) is 31.1 Å². The van der Waals surface area contributed by atoms with Gasteiger partial charge in [-0.25, -0.2) is 9.07 Å². The summed E-state index contributed by atoms with van der Waals surface area (Å²) in [7, 11) is 0. The van der Waals surface area contributed by atoms with Gasteiger partial charge in [0.15, 0.2) is 5.82 Å². The number of aryl methyl sites for hydroxylation is 1. The van der Waals surface area contributed by atoms with E-state index in [4.69, 9.17) is 5.73 Å². The van der Waals surface area contributed by atoms with Crippen molar-refractivity contribution in [3.8, 4) is 0 Å². The minimum Gasteiger partial charge on any atom is -0.381 e. The summed E-state index contributed by atoms with van der Waals surface area (Å²) in [6.45, 7) is 8.63. The Morgan fingerprint density at radius 2 is 2.00 bits per heavy atom. The molecule has 1 aromatic carbocycles. The van der Waals surface area contributed by atoms with E-state index in [0.29, 0.717) is 12.4 Å². The molecule has 0 radical (unpaired) electrons. The van der Waals surface area contributed by atoms with Gasteiger partial charge in [0.1, 0.15) is 5.82 Å². The second-order valence-corrected chi connectivity index (χ2v) is 5.80. The summed E-state index contributed by atoms with van der Waals surface area (Å²) in [6.07, 6.45) is 0. The molecule has 5 heteroatoms. The van der Waals surface area contributed by atoms with Crippen LogP contribution in [0.2, 0.25) is 0 Å². The zero-order valence-electron chi connectivity index (χ0n) is 11.7. The minimum atomic E-state index is -0.226. The van der Waals surface area contributed by atoms with Crippen LogP contribution in [0.15, 0.2) is 18.2 Å². The number of nitrogens with zero attached hydrogens (tertiary/aromatic N) is 3. The Morgan fingerprint density at radius 3 is 2.58 bits per heavy atom. The molecule has 0 saturated carbocycles. The SMILES string of the molecule is Cc1cc(F)ccc1Cn1nnc(N)c1C(C)(C)C. The molecule has 0 fully saturated rings. The number of benzene rings is 1. The number of aromatic nitrogens is 3. The Hall–Kier alpha value is -1.91. The highest BCUT2D eigenvalue weighted by atomic mass is 19.1. The summed E-state index contributed by atoms with van der Waals surface area (Å²) in [6, 6.07) is 4.75. The van der Waals surface area contributed by atoms with E-state index in [1.165, 1.54) is 12.1 Å². The van der Waals surface area contributed by atoms with Crippen LogP contribution in [0.1, 0.15) is 37.6 Å². The molecule has 1 aromatic heterocycles. The van der Waals surface area contributed by atoms with Gasteiger partial charge in [-0.3, -0.25) is 0 Å². The van der Waals surface area contributed by atoms with Crippen LogP contribution in [0, 0.1) is 12.7 Å². The highest BCUT2D eigenvalue weighted by Crippen LogP contribution is 2.26. The van der Waals surface area contributed by atoms with E-state index in [0.717, 1.165) is 16.8 Å². The van der Waals surface area contributed by atoms with Gasteiger partial charge < -0.3 is 5.73 Å². The van der Waals surface area contributed by atoms with Crippen LogP contribution in [0.4, 0.5) is 10.2 Å². The van der Waals surface area contributed by atoms with Crippen molar-refractivity contribution in [2.75, 3.05) is 5.73 Å². The fourth-order valence-corrected chi connectivity index (χ4v) is 2.21. The lowest BCUT2D eigenvalue weighted by atomic mass is 9.91. The van der Waals surface area contributed by atoms with Crippen LogP contribution >= 0.6 is 0 Å². The zero-order chi connectivity index (χ0) is 14.2. The first-order chi connectivity index (χ1) is 8.79. The molecular formula is C14H19FN4. The number of rotatable bonds is 2. The standard InChI is InChI=1S/C14H19FN4/c1-9-7-11(15)6-5-10(9)8-19-12(14(2,3)4)13(16)17-18-19/h5-7H,8,16H2,1-4H3. The van der Waals surface area contributed by atoms with E-state index in [-0.39, 0.29) is 11.2 Å². The Balaban J connectivity index is 2.39. The average molecular weight is 262 g/mol. The molecular weight excluding hydrogens is 243 g/mol. The number of nitrogens with two attached hydrogens (primary N) is 1. The molecule has 1 heterocycles. The predicted octanol–water partition coefficient (Wildman–Crippen LogP) is 2.65. The summed E-state index contributed by atoms with van der Waals surface area (Å²) >= 11 is 0. The molecule has 0 bridgehead atoms. The number of halogens is 1. The average Bonchev–Trinajstić information content (AvgIpc) is 2.63. The van der Waals surface area contributed by atoms with Gasteiger partial charge in [0.05, 0.1) is 12.2 Å². The monoisotopic (exact) mass is 262 g/mol. The van der Waals surface area contributed by atoms with Crippen molar-refractivity contribution in [1.82, 2.24) is 15.0 Å². The fourth-order valence-electron chi connectivity index (χ4n) is 2.21. The number of hydrogen-bond acceptors (Lipinski definition) is 3. The van der Waals surface area contributed by atoms with Gasteiger partial charge >= 0.3 is 0 Å². The second kappa shape index (κ2) is 4.64. The summed E-state index contributed by atoms with van der Waals surface area (Å²) in [5.41, 5.74) is 8.56. The van der Waals surface area contributed by atoms with Gasteiger partial charge in [-0.2, -0.15) is 0 Å². The Kier molecular flexibility index (Phi) is 3.30. The van der Waals surface area contributed by atoms with E-state index in [9.17, 15) is 4.39 Å². The quantitative estimate of drug-likeness (QED) is 0.905. The Labute approximate surface area is 112 Å². The molecule has 0 amide bonds. The summed E-state index contributed by atoms with van der Waals surface area (Å²) < 4.78 is 14.9. The molecule has 0 saturated heterocycles. The van der Waals surface area contributed by atoms with Crippen molar-refractivity contribution in [1.29, 1.82) is 0 Å². The molecule has 19 heavy (non-hydrogen) atoms. The van der Waals surface area contributed by atoms with Crippen molar-refractivity contribution < 1.29 is 4.39 Å².